The Balaban J connectivity index is 1.96. The molecule has 1 amide bonds. The standard InChI is InChI=1S/C72H129NO10/c1-3-5-7-9-11-13-15-16-17-34-37-40-44-48-52-56-60-68(77)81-61-57-53-49-45-41-38-35-32-30-28-26-24-22-20-18-19-21-23-25-27-29-31-33-36-39-43-47-51-55-59-67(76)73-64(63-82-72-71(80)70(79)69(78)66(62-74)83-72)65(75)58-54-50-46-42-14-12-10-8-6-4-2/h6,8,14,17-18,20,24,26,34,42,54,58,64-66,69-72,74-75,78-80H,3-5,7,9-13,15-16,19,21-23,25,27-33,35-41,43-53,55-57,59-63H2,1-2H3,(H,73,76)/b8-6+,20-18-,26-24-,34-17-,42-14+,58-54+. The summed E-state index contributed by atoms with van der Waals surface area (Å²) in [7, 11) is 0. The van der Waals surface area contributed by atoms with Crippen molar-refractivity contribution < 1.29 is 49.3 Å². The van der Waals surface area contributed by atoms with Crippen molar-refractivity contribution >= 4 is 11.9 Å². The lowest BCUT2D eigenvalue weighted by molar-refractivity contribution is -0.302. The van der Waals surface area contributed by atoms with Crippen LogP contribution < -0.4 is 5.32 Å². The Kier molecular flexibility index (Phi) is 57.2. The van der Waals surface area contributed by atoms with Gasteiger partial charge in [0, 0.05) is 12.8 Å². The van der Waals surface area contributed by atoms with Crippen LogP contribution in [0.2, 0.25) is 0 Å². The van der Waals surface area contributed by atoms with E-state index in [0.29, 0.717) is 19.4 Å². The maximum absolute atomic E-state index is 13.0. The number of nitrogens with one attached hydrogen (secondary N) is 1. The zero-order valence-corrected chi connectivity index (χ0v) is 53.4. The van der Waals surface area contributed by atoms with Crippen molar-refractivity contribution in [2.24, 2.45) is 0 Å². The lowest BCUT2D eigenvalue weighted by Gasteiger charge is -2.40. The first-order valence-corrected chi connectivity index (χ1v) is 34.7. The number of rotatable bonds is 60. The van der Waals surface area contributed by atoms with Crippen LogP contribution in [-0.4, -0.2) is 100 Å². The number of carbonyl (C=O) groups is 2. The molecule has 1 aliphatic heterocycles. The number of carbonyl (C=O) groups excluding carboxylic acids is 2. The maximum Gasteiger partial charge on any atom is 0.305 e. The summed E-state index contributed by atoms with van der Waals surface area (Å²) in [5, 5.41) is 54.3. The summed E-state index contributed by atoms with van der Waals surface area (Å²) in [5.41, 5.74) is 0. The van der Waals surface area contributed by atoms with Crippen molar-refractivity contribution in [1.29, 1.82) is 0 Å². The lowest BCUT2D eigenvalue weighted by Crippen LogP contribution is -2.60. The zero-order valence-electron chi connectivity index (χ0n) is 53.4. The van der Waals surface area contributed by atoms with E-state index in [-0.39, 0.29) is 18.5 Å². The molecular formula is C72H129NO10. The van der Waals surface area contributed by atoms with Gasteiger partial charge in [0.25, 0.3) is 0 Å². The van der Waals surface area contributed by atoms with Crippen molar-refractivity contribution in [3.8, 4) is 0 Å². The Bertz CT molecular complexity index is 1610. The average molecular weight is 1170 g/mol. The van der Waals surface area contributed by atoms with Gasteiger partial charge in [-0.05, 0) is 109 Å². The van der Waals surface area contributed by atoms with Gasteiger partial charge < -0.3 is 45.1 Å². The van der Waals surface area contributed by atoms with Crippen LogP contribution in [0.4, 0.5) is 0 Å². The molecule has 1 fully saturated rings. The van der Waals surface area contributed by atoms with Gasteiger partial charge in [0.05, 0.1) is 32.0 Å². The molecule has 0 aliphatic carbocycles. The highest BCUT2D eigenvalue weighted by atomic mass is 16.7. The van der Waals surface area contributed by atoms with Gasteiger partial charge in [0.2, 0.25) is 5.91 Å². The molecule has 0 aromatic heterocycles. The molecule has 1 heterocycles. The predicted octanol–water partition coefficient (Wildman–Crippen LogP) is 17.5. The summed E-state index contributed by atoms with van der Waals surface area (Å²) in [5.74, 6) is -0.205. The maximum atomic E-state index is 13.0. The van der Waals surface area contributed by atoms with E-state index < -0.39 is 49.5 Å². The Labute approximate surface area is 509 Å². The number of esters is 1. The summed E-state index contributed by atoms with van der Waals surface area (Å²) in [6.07, 6.45) is 71.9. The van der Waals surface area contributed by atoms with Crippen LogP contribution >= 0.6 is 0 Å². The number of hydrogen-bond acceptors (Lipinski definition) is 10. The molecule has 1 rings (SSSR count). The second-order valence-corrected chi connectivity index (χ2v) is 23.8. The molecule has 0 radical (unpaired) electrons. The third-order valence-corrected chi connectivity index (χ3v) is 16.0. The molecule has 0 saturated carbocycles. The monoisotopic (exact) mass is 1170 g/mol. The third-order valence-electron chi connectivity index (χ3n) is 16.0. The van der Waals surface area contributed by atoms with Crippen LogP contribution in [0.15, 0.2) is 72.9 Å². The molecule has 0 aromatic rings. The molecule has 11 heteroatoms. The fourth-order valence-corrected chi connectivity index (χ4v) is 10.6. The summed E-state index contributed by atoms with van der Waals surface area (Å²) in [4.78, 5) is 25.1. The van der Waals surface area contributed by atoms with E-state index >= 15 is 0 Å². The number of aliphatic hydroxyl groups excluding tert-OH is 5. The van der Waals surface area contributed by atoms with Crippen LogP contribution in [0.3, 0.4) is 0 Å². The average Bonchev–Trinajstić information content (AvgIpc) is 3.69. The number of amides is 1. The molecule has 83 heavy (non-hydrogen) atoms. The van der Waals surface area contributed by atoms with Gasteiger partial charge in [-0.2, -0.15) is 0 Å². The second-order valence-electron chi connectivity index (χ2n) is 23.8. The van der Waals surface area contributed by atoms with Crippen molar-refractivity contribution in [3.05, 3.63) is 72.9 Å². The highest BCUT2D eigenvalue weighted by molar-refractivity contribution is 5.76. The molecule has 7 unspecified atom stereocenters. The Hall–Kier alpha value is -2.90. The molecule has 7 atom stereocenters. The topological polar surface area (TPSA) is 175 Å². The lowest BCUT2D eigenvalue weighted by atomic mass is 9.99. The van der Waals surface area contributed by atoms with E-state index in [1.54, 1.807) is 6.08 Å². The fourth-order valence-electron chi connectivity index (χ4n) is 10.6. The molecule has 6 N–H and O–H groups in total. The molecule has 1 saturated heterocycles. The minimum Gasteiger partial charge on any atom is -0.466 e. The smallest absolute Gasteiger partial charge is 0.305 e. The fraction of sp³-hybridized carbons (Fsp3) is 0.806. The summed E-state index contributed by atoms with van der Waals surface area (Å²) in [6, 6.07) is -0.836. The van der Waals surface area contributed by atoms with Gasteiger partial charge in [0.15, 0.2) is 6.29 Å². The van der Waals surface area contributed by atoms with E-state index in [1.807, 2.05) is 6.08 Å². The summed E-state index contributed by atoms with van der Waals surface area (Å²) in [6.45, 7) is 4.20. The SMILES string of the molecule is CC/C=C/CC/C=C/CC/C=C/C(O)C(COC1OC(CO)C(O)C(O)C1O)NC(=O)CCCCCCCCCCCCCCC/C=C\C/C=C\CCCCCCCCCCCOC(=O)CCCCCCC/C=C\CCCCCCCCC. The molecule has 0 spiro atoms. The summed E-state index contributed by atoms with van der Waals surface area (Å²) < 4.78 is 16.7. The first kappa shape index (κ1) is 78.1. The van der Waals surface area contributed by atoms with Crippen molar-refractivity contribution in [2.75, 3.05) is 19.8 Å². The minimum absolute atomic E-state index is 0.00508. The van der Waals surface area contributed by atoms with Gasteiger partial charge >= 0.3 is 5.97 Å². The van der Waals surface area contributed by atoms with E-state index in [1.165, 1.54) is 205 Å². The van der Waals surface area contributed by atoms with E-state index in [4.69, 9.17) is 14.2 Å². The molecule has 1 aliphatic rings. The minimum atomic E-state index is -1.58. The van der Waals surface area contributed by atoms with Crippen LogP contribution in [-0.2, 0) is 23.8 Å². The molecular weight excluding hydrogens is 1040 g/mol. The third kappa shape index (κ3) is 49.9. The molecule has 482 valence electrons. The van der Waals surface area contributed by atoms with E-state index in [9.17, 15) is 35.1 Å². The first-order chi connectivity index (χ1) is 40.7. The largest absolute Gasteiger partial charge is 0.466 e. The predicted molar refractivity (Wildman–Crippen MR) is 347 cm³/mol. The van der Waals surface area contributed by atoms with Crippen LogP contribution in [0.5, 0.6) is 0 Å². The van der Waals surface area contributed by atoms with Gasteiger partial charge in [-0.15, -0.1) is 0 Å². The van der Waals surface area contributed by atoms with Crippen molar-refractivity contribution in [2.45, 2.75) is 352 Å². The number of allylic oxidation sites excluding steroid dienone is 11. The normalized spacial score (nSPS) is 18.6. The van der Waals surface area contributed by atoms with Crippen LogP contribution in [0.1, 0.15) is 309 Å². The second kappa shape index (κ2) is 60.8. The quantitative estimate of drug-likeness (QED) is 0.0195. The van der Waals surface area contributed by atoms with E-state index in [0.717, 1.165) is 77.0 Å². The Morgan fingerprint density at radius 1 is 0.458 bits per heavy atom. The zero-order chi connectivity index (χ0) is 60.2. The summed E-state index contributed by atoms with van der Waals surface area (Å²) >= 11 is 0. The number of aliphatic hydroxyl groups is 5. The van der Waals surface area contributed by atoms with Gasteiger partial charge in [-0.1, -0.05) is 260 Å². The number of hydrogen-bond donors (Lipinski definition) is 6. The van der Waals surface area contributed by atoms with Gasteiger partial charge in [-0.25, -0.2) is 0 Å². The Morgan fingerprint density at radius 2 is 0.855 bits per heavy atom. The van der Waals surface area contributed by atoms with Crippen molar-refractivity contribution in [3.63, 3.8) is 0 Å². The van der Waals surface area contributed by atoms with Crippen molar-refractivity contribution in [1.82, 2.24) is 5.32 Å². The Morgan fingerprint density at radius 3 is 1.33 bits per heavy atom. The number of unbranched alkanes of at least 4 members (excludes halogenated alkanes) is 36. The first-order valence-electron chi connectivity index (χ1n) is 34.7. The highest BCUT2D eigenvalue weighted by Gasteiger charge is 2.44. The highest BCUT2D eigenvalue weighted by Crippen LogP contribution is 2.23. The van der Waals surface area contributed by atoms with Crippen LogP contribution in [0, 0.1) is 0 Å². The molecule has 0 aromatic carbocycles. The van der Waals surface area contributed by atoms with Gasteiger partial charge in [0.1, 0.15) is 24.4 Å². The van der Waals surface area contributed by atoms with Crippen LogP contribution in [0.25, 0.3) is 0 Å². The number of ether oxygens (including phenoxy) is 3. The van der Waals surface area contributed by atoms with Gasteiger partial charge in [-0.3, -0.25) is 9.59 Å². The molecule has 0 bridgehead atoms. The van der Waals surface area contributed by atoms with E-state index in [2.05, 4.69) is 79.9 Å². The molecule has 11 nitrogen and oxygen atoms in total.